The summed E-state index contributed by atoms with van der Waals surface area (Å²) in [7, 11) is 0. The lowest BCUT2D eigenvalue weighted by Crippen LogP contribution is -2.52. The molecule has 1 aliphatic carbocycles. The Hall–Kier alpha value is -4.13. The molecule has 1 saturated heterocycles. The number of amides is 1. The maximum Gasteiger partial charge on any atom is 0.242 e. The van der Waals surface area contributed by atoms with Crippen LogP contribution < -0.4 is 15.1 Å². The molecule has 1 amide bonds. The minimum Gasteiger partial charge on any atom is -0.357 e. The summed E-state index contributed by atoms with van der Waals surface area (Å²) in [5.41, 5.74) is 4.51. The number of fused-ring (bicyclic) bond motifs is 1. The van der Waals surface area contributed by atoms with Crippen LogP contribution in [0.1, 0.15) is 38.3 Å². The van der Waals surface area contributed by atoms with E-state index in [1.165, 1.54) is 0 Å². The number of rotatable bonds is 4. The molecule has 0 spiro atoms. The van der Waals surface area contributed by atoms with E-state index in [2.05, 4.69) is 52.1 Å². The normalized spacial score (nSPS) is 20.6. The van der Waals surface area contributed by atoms with Crippen molar-refractivity contribution in [3.8, 4) is 0 Å². The lowest BCUT2D eigenvalue weighted by Gasteiger charge is -2.40. The molecule has 0 saturated carbocycles. The second-order valence-electron chi connectivity index (χ2n) is 11.5. The van der Waals surface area contributed by atoms with Gasteiger partial charge >= 0.3 is 0 Å². The highest BCUT2D eigenvalue weighted by atomic mass is 16.2. The molecule has 1 aromatic heterocycles. The molecule has 3 heterocycles. The van der Waals surface area contributed by atoms with E-state index in [0.717, 1.165) is 53.5 Å². The predicted molar refractivity (Wildman–Crippen MR) is 155 cm³/mol. The number of benzene rings is 2. The molecule has 1 unspecified atom stereocenters. The summed E-state index contributed by atoms with van der Waals surface area (Å²) in [6.07, 6.45) is 3.07. The van der Waals surface area contributed by atoms with Gasteiger partial charge in [0.25, 0.3) is 0 Å². The summed E-state index contributed by atoms with van der Waals surface area (Å²) in [5.74, 6) is 1.16. The van der Waals surface area contributed by atoms with Crippen molar-refractivity contribution in [2.45, 2.75) is 32.7 Å². The van der Waals surface area contributed by atoms with Crippen LogP contribution >= 0.6 is 0 Å². The second kappa shape index (κ2) is 10.2. The van der Waals surface area contributed by atoms with E-state index < -0.39 is 0 Å². The Bertz CT molecular complexity index is 1390. The van der Waals surface area contributed by atoms with Gasteiger partial charge in [-0.15, -0.1) is 0 Å². The van der Waals surface area contributed by atoms with Crippen molar-refractivity contribution < 1.29 is 9.59 Å². The van der Waals surface area contributed by atoms with Gasteiger partial charge in [-0.05, 0) is 41.7 Å². The largest absolute Gasteiger partial charge is 0.357 e. The van der Waals surface area contributed by atoms with Gasteiger partial charge in [-0.3, -0.25) is 9.59 Å². The topological polar surface area (TPSA) is 68.8 Å². The van der Waals surface area contributed by atoms with Gasteiger partial charge in [0.2, 0.25) is 5.91 Å². The van der Waals surface area contributed by atoms with E-state index in [1.807, 2.05) is 59.5 Å². The molecular formula is C32H35N5O2. The van der Waals surface area contributed by atoms with E-state index in [0.29, 0.717) is 19.5 Å². The van der Waals surface area contributed by atoms with Gasteiger partial charge < -0.3 is 20.0 Å². The number of hydrogen-bond donors (Lipinski definition) is 1. The summed E-state index contributed by atoms with van der Waals surface area (Å²) >= 11 is 0. The zero-order chi connectivity index (χ0) is 27.0. The third kappa shape index (κ3) is 5.01. The Labute approximate surface area is 230 Å². The Morgan fingerprint density at radius 1 is 0.923 bits per heavy atom. The summed E-state index contributed by atoms with van der Waals surface area (Å²) in [6, 6.07) is 23.8. The van der Waals surface area contributed by atoms with Gasteiger partial charge in [0.15, 0.2) is 5.78 Å². The molecule has 1 atom stereocenters. The number of nitrogens with zero attached hydrogens (tertiary/aromatic N) is 4. The van der Waals surface area contributed by atoms with Crippen LogP contribution in [0.2, 0.25) is 0 Å². The first kappa shape index (κ1) is 25.2. The van der Waals surface area contributed by atoms with E-state index in [4.69, 9.17) is 0 Å². The summed E-state index contributed by atoms with van der Waals surface area (Å²) in [4.78, 5) is 38.5. The number of nitrogens with one attached hydrogen (secondary N) is 1. The van der Waals surface area contributed by atoms with Crippen molar-refractivity contribution in [2.24, 2.45) is 5.41 Å². The van der Waals surface area contributed by atoms with Crippen LogP contribution in [-0.2, 0) is 9.59 Å². The van der Waals surface area contributed by atoms with Gasteiger partial charge in [0.05, 0.1) is 24.0 Å². The van der Waals surface area contributed by atoms with Gasteiger partial charge in [0, 0.05) is 50.1 Å². The molecule has 3 aromatic rings. The quantitative estimate of drug-likeness (QED) is 0.519. The third-order valence-electron chi connectivity index (χ3n) is 8.03. The molecule has 2 aromatic carbocycles. The fourth-order valence-corrected chi connectivity index (χ4v) is 6.18. The highest BCUT2D eigenvalue weighted by Crippen LogP contribution is 2.48. The number of para-hydroxylation sites is 2. The molecule has 1 fully saturated rings. The number of carbonyl (C=O) groups is 2. The van der Waals surface area contributed by atoms with Crippen molar-refractivity contribution >= 4 is 28.9 Å². The molecule has 3 aliphatic rings. The third-order valence-corrected chi connectivity index (χ3v) is 8.03. The number of allylic oxidation sites excluding steroid dienone is 1. The van der Waals surface area contributed by atoms with Gasteiger partial charge in [-0.25, -0.2) is 4.98 Å². The molecule has 39 heavy (non-hydrogen) atoms. The maximum absolute atomic E-state index is 13.9. The Morgan fingerprint density at radius 3 is 2.38 bits per heavy atom. The minimum atomic E-state index is -0.347. The maximum atomic E-state index is 13.9. The number of carbonyl (C=O) groups excluding carboxylic acids is 2. The van der Waals surface area contributed by atoms with Crippen molar-refractivity contribution in [3.63, 3.8) is 0 Å². The number of pyridine rings is 1. The number of anilines is 3. The highest BCUT2D eigenvalue weighted by molar-refractivity contribution is 6.01. The minimum absolute atomic E-state index is 0.0686. The smallest absolute Gasteiger partial charge is 0.242 e. The number of aromatic nitrogens is 1. The van der Waals surface area contributed by atoms with E-state index >= 15 is 0 Å². The molecular weight excluding hydrogens is 486 g/mol. The standard InChI is InChI=1S/C32H35N5O2/c1-32(2)20-25-30(27(38)21-32)31(23-10-4-3-5-11-23)37(26-13-7-6-12-24(26)34-25)22-29(39)36-18-16-35(17-19-36)28-14-8-9-15-33-28/h3-15,31,34H,16-22H2,1-2H3. The molecule has 200 valence electrons. The first-order valence-corrected chi connectivity index (χ1v) is 13.8. The van der Waals surface area contributed by atoms with Gasteiger partial charge in [-0.2, -0.15) is 0 Å². The number of ketones is 1. The van der Waals surface area contributed by atoms with Crippen molar-refractivity contribution in [1.82, 2.24) is 9.88 Å². The van der Waals surface area contributed by atoms with Crippen molar-refractivity contribution in [3.05, 3.63) is 95.8 Å². The zero-order valence-electron chi connectivity index (χ0n) is 22.6. The van der Waals surface area contributed by atoms with Crippen molar-refractivity contribution in [2.75, 3.05) is 47.8 Å². The van der Waals surface area contributed by atoms with Crippen LogP contribution in [-0.4, -0.2) is 54.3 Å². The first-order valence-electron chi connectivity index (χ1n) is 13.8. The van der Waals surface area contributed by atoms with E-state index in [-0.39, 0.29) is 29.7 Å². The van der Waals surface area contributed by atoms with Crippen LogP contribution in [0.5, 0.6) is 0 Å². The zero-order valence-corrected chi connectivity index (χ0v) is 22.6. The molecule has 2 aliphatic heterocycles. The number of Topliss-reactive ketones (excluding diaryl/α,β-unsaturated/α-hetero) is 1. The van der Waals surface area contributed by atoms with Gasteiger partial charge in [0.1, 0.15) is 5.82 Å². The van der Waals surface area contributed by atoms with Crippen LogP contribution in [0.3, 0.4) is 0 Å². The fraction of sp³-hybridized carbons (Fsp3) is 0.344. The molecule has 0 bridgehead atoms. The van der Waals surface area contributed by atoms with Crippen LogP contribution in [0.25, 0.3) is 0 Å². The average molecular weight is 522 g/mol. The van der Waals surface area contributed by atoms with Crippen LogP contribution in [0.4, 0.5) is 17.2 Å². The lowest BCUT2D eigenvalue weighted by molar-refractivity contribution is -0.130. The van der Waals surface area contributed by atoms with Crippen molar-refractivity contribution in [1.29, 1.82) is 0 Å². The Kier molecular flexibility index (Phi) is 6.59. The summed E-state index contributed by atoms with van der Waals surface area (Å²) < 4.78 is 0. The first-order chi connectivity index (χ1) is 18.9. The Morgan fingerprint density at radius 2 is 1.64 bits per heavy atom. The molecule has 0 radical (unpaired) electrons. The second-order valence-corrected chi connectivity index (χ2v) is 11.5. The fourth-order valence-electron chi connectivity index (χ4n) is 6.18. The SMILES string of the molecule is CC1(C)CC(=O)C2=C(C1)Nc1ccccc1N(CC(=O)N1CCN(c3ccccn3)CC1)C2c1ccccc1. The highest BCUT2D eigenvalue weighted by Gasteiger charge is 2.42. The predicted octanol–water partition coefficient (Wildman–Crippen LogP) is 5.05. The summed E-state index contributed by atoms with van der Waals surface area (Å²) in [5, 5.41) is 3.63. The van der Waals surface area contributed by atoms with Crippen LogP contribution in [0, 0.1) is 5.41 Å². The van der Waals surface area contributed by atoms with Gasteiger partial charge in [-0.1, -0.05) is 62.4 Å². The average Bonchev–Trinajstić information content (AvgIpc) is 3.08. The van der Waals surface area contributed by atoms with Crippen LogP contribution in [0.15, 0.2) is 90.3 Å². The Balaban J connectivity index is 1.34. The molecule has 1 N–H and O–H groups in total. The number of piperazine rings is 1. The lowest BCUT2D eigenvalue weighted by atomic mass is 9.73. The van der Waals surface area contributed by atoms with E-state index in [1.54, 1.807) is 6.20 Å². The monoisotopic (exact) mass is 521 g/mol. The molecule has 7 heteroatoms. The van der Waals surface area contributed by atoms with E-state index in [9.17, 15) is 9.59 Å². The summed E-state index contributed by atoms with van der Waals surface area (Å²) in [6.45, 7) is 7.25. The number of hydrogen-bond acceptors (Lipinski definition) is 6. The molecule has 7 nitrogen and oxygen atoms in total. The molecule has 6 rings (SSSR count).